The Hall–Kier alpha value is -2.05. The highest BCUT2D eigenvalue weighted by atomic mass is 16.2. The standard InChI is InChI=1S/C9H12N4O3/c14-7-1-3-13(4-2-10-7)8(15)6-5-11-9(16)12-6/h5H,1-4H2,(H,10,14)(H2,11,12,16). The monoisotopic (exact) mass is 224 g/mol. The van der Waals surface area contributed by atoms with Crippen LogP contribution in [0.5, 0.6) is 0 Å². The van der Waals surface area contributed by atoms with Crippen LogP contribution in [-0.2, 0) is 4.79 Å². The zero-order chi connectivity index (χ0) is 11.5. The molecule has 1 aromatic rings. The maximum absolute atomic E-state index is 11.9. The van der Waals surface area contributed by atoms with Crippen molar-refractivity contribution >= 4 is 11.8 Å². The fourth-order valence-electron chi connectivity index (χ4n) is 1.59. The molecule has 16 heavy (non-hydrogen) atoms. The average molecular weight is 224 g/mol. The molecule has 7 nitrogen and oxygen atoms in total. The van der Waals surface area contributed by atoms with Gasteiger partial charge in [0.2, 0.25) is 5.91 Å². The van der Waals surface area contributed by atoms with Crippen molar-refractivity contribution in [3.63, 3.8) is 0 Å². The number of imidazole rings is 1. The summed E-state index contributed by atoms with van der Waals surface area (Å²) in [5.74, 6) is -0.326. The summed E-state index contributed by atoms with van der Waals surface area (Å²) in [6.07, 6.45) is 1.63. The highest BCUT2D eigenvalue weighted by Crippen LogP contribution is 2.02. The summed E-state index contributed by atoms with van der Waals surface area (Å²) in [7, 11) is 0. The first-order valence-corrected chi connectivity index (χ1v) is 5.00. The molecule has 7 heteroatoms. The molecule has 0 unspecified atom stereocenters. The van der Waals surface area contributed by atoms with E-state index in [1.807, 2.05) is 0 Å². The second kappa shape index (κ2) is 4.21. The summed E-state index contributed by atoms with van der Waals surface area (Å²) >= 11 is 0. The second-order valence-corrected chi connectivity index (χ2v) is 3.55. The number of carbonyl (C=O) groups is 2. The number of H-pyrrole nitrogens is 2. The van der Waals surface area contributed by atoms with E-state index in [2.05, 4.69) is 15.3 Å². The summed E-state index contributed by atoms with van der Waals surface area (Å²) in [4.78, 5) is 40.1. The molecule has 0 aromatic carbocycles. The van der Waals surface area contributed by atoms with Gasteiger partial charge < -0.3 is 20.2 Å². The first-order valence-electron chi connectivity index (χ1n) is 5.00. The van der Waals surface area contributed by atoms with Gasteiger partial charge in [-0.15, -0.1) is 0 Å². The molecule has 1 aliphatic rings. The number of aromatic nitrogens is 2. The molecule has 1 aromatic heterocycles. The van der Waals surface area contributed by atoms with E-state index in [-0.39, 0.29) is 17.5 Å². The van der Waals surface area contributed by atoms with Crippen LogP contribution in [0.2, 0.25) is 0 Å². The van der Waals surface area contributed by atoms with Crippen LogP contribution >= 0.6 is 0 Å². The highest BCUT2D eigenvalue weighted by Gasteiger charge is 2.20. The molecule has 2 rings (SSSR count). The number of carbonyl (C=O) groups excluding carboxylic acids is 2. The third-order valence-electron chi connectivity index (χ3n) is 2.43. The SMILES string of the molecule is O=C1CCN(C(=O)c2c[nH]c(=O)[nH]2)CCN1. The Bertz CT molecular complexity index is 461. The number of nitrogens with one attached hydrogen (secondary N) is 3. The van der Waals surface area contributed by atoms with Gasteiger partial charge in [0.15, 0.2) is 0 Å². The smallest absolute Gasteiger partial charge is 0.323 e. The van der Waals surface area contributed by atoms with Gasteiger partial charge in [0.05, 0.1) is 0 Å². The van der Waals surface area contributed by atoms with Crippen LogP contribution in [0.15, 0.2) is 11.0 Å². The molecule has 0 bridgehead atoms. The first-order chi connectivity index (χ1) is 7.66. The molecule has 2 amide bonds. The molecule has 86 valence electrons. The summed E-state index contributed by atoms with van der Waals surface area (Å²) in [6.45, 7) is 1.27. The van der Waals surface area contributed by atoms with E-state index in [4.69, 9.17) is 0 Å². The Balaban J connectivity index is 2.09. The molecule has 0 radical (unpaired) electrons. The van der Waals surface area contributed by atoms with E-state index in [0.717, 1.165) is 0 Å². The molecule has 1 aliphatic heterocycles. The minimum atomic E-state index is -0.410. The van der Waals surface area contributed by atoms with Crippen molar-refractivity contribution < 1.29 is 9.59 Å². The highest BCUT2D eigenvalue weighted by molar-refractivity contribution is 5.92. The number of amides is 2. The fraction of sp³-hybridized carbons (Fsp3) is 0.444. The van der Waals surface area contributed by atoms with E-state index in [0.29, 0.717) is 26.1 Å². The lowest BCUT2D eigenvalue weighted by atomic mass is 10.3. The molecule has 1 saturated heterocycles. The number of aromatic amines is 2. The van der Waals surface area contributed by atoms with Crippen LogP contribution in [0.4, 0.5) is 0 Å². The number of rotatable bonds is 1. The number of hydrogen-bond donors (Lipinski definition) is 3. The van der Waals surface area contributed by atoms with Crippen molar-refractivity contribution in [2.45, 2.75) is 6.42 Å². The van der Waals surface area contributed by atoms with Gasteiger partial charge in [-0.3, -0.25) is 9.59 Å². The predicted octanol–water partition coefficient (Wildman–Crippen LogP) is -1.33. The van der Waals surface area contributed by atoms with Crippen LogP contribution in [0.3, 0.4) is 0 Å². The largest absolute Gasteiger partial charge is 0.354 e. The third-order valence-corrected chi connectivity index (χ3v) is 2.43. The van der Waals surface area contributed by atoms with Gasteiger partial charge in [0, 0.05) is 32.3 Å². The second-order valence-electron chi connectivity index (χ2n) is 3.55. The fourth-order valence-corrected chi connectivity index (χ4v) is 1.59. The molecule has 0 aliphatic carbocycles. The van der Waals surface area contributed by atoms with Gasteiger partial charge in [0.1, 0.15) is 5.69 Å². The Morgan fingerprint density at radius 3 is 2.81 bits per heavy atom. The van der Waals surface area contributed by atoms with Crippen molar-refractivity contribution in [1.29, 1.82) is 0 Å². The zero-order valence-corrected chi connectivity index (χ0v) is 8.58. The zero-order valence-electron chi connectivity index (χ0n) is 8.58. The minimum absolute atomic E-state index is 0.0575. The summed E-state index contributed by atoms with van der Waals surface area (Å²) < 4.78 is 0. The van der Waals surface area contributed by atoms with Gasteiger partial charge >= 0.3 is 5.69 Å². The Morgan fingerprint density at radius 1 is 1.31 bits per heavy atom. The topological polar surface area (TPSA) is 98.1 Å². The van der Waals surface area contributed by atoms with Crippen LogP contribution < -0.4 is 11.0 Å². The Labute approximate surface area is 90.8 Å². The maximum Gasteiger partial charge on any atom is 0.323 e. The molecule has 0 spiro atoms. The molecule has 3 N–H and O–H groups in total. The summed E-state index contributed by atoms with van der Waals surface area (Å²) in [5, 5.41) is 2.67. The van der Waals surface area contributed by atoms with Gasteiger partial charge in [0.25, 0.3) is 5.91 Å². The normalized spacial score (nSPS) is 16.8. The van der Waals surface area contributed by atoms with Gasteiger partial charge in [-0.2, -0.15) is 0 Å². The number of hydrogen-bond acceptors (Lipinski definition) is 3. The third kappa shape index (κ3) is 2.13. The summed E-state index contributed by atoms with van der Waals surface area (Å²) in [5.41, 5.74) is -0.188. The quantitative estimate of drug-likeness (QED) is 0.551. The lowest BCUT2D eigenvalue weighted by Crippen LogP contribution is -2.34. The molecule has 0 saturated carbocycles. The lowest BCUT2D eigenvalue weighted by molar-refractivity contribution is -0.120. The first kappa shape index (κ1) is 10.5. The van der Waals surface area contributed by atoms with Crippen LogP contribution in [0.1, 0.15) is 16.9 Å². The van der Waals surface area contributed by atoms with Crippen LogP contribution in [-0.4, -0.2) is 46.3 Å². The predicted molar refractivity (Wildman–Crippen MR) is 54.9 cm³/mol. The average Bonchev–Trinajstić information content (AvgIpc) is 2.57. The van der Waals surface area contributed by atoms with E-state index < -0.39 is 5.69 Å². The Kier molecular flexibility index (Phi) is 2.76. The van der Waals surface area contributed by atoms with Crippen molar-refractivity contribution in [2.24, 2.45) is 0 Å². The van der Waals surface area contributed by atoms with Gasteiger partial charge in [-0.25, -0.2) is 4.79 Å². The molecule has 0 atom stereocenters. The van der Waals surface area contributed by atoms with Crippen LogP contribution in [0.25, 0.3) is 0 Å². The van der Waals surface area contributed by atoms with Crippen molar-refractivity contribution in [2.75, 3.05) is 19.6 Å². The lowest BCUT2D eigenvalue weighted by Gasteiger charge is -2.17. The van der Waals surface area contributed by atoms with Gasteiger partial charge in [-0.1, -0.05) is 0 Å². The van der Waals surface area contributed by atoms with Crippen molar-refractivity contribution in [3.05, 3.63) is 22.4 Å². The van der Waals surface area contributed by atoms with E-state index in [1.54, 1.807) is 0 Å². The maximum atomic E-state index is 11.9. The van der Waals surface area contributed by atoms with E-state index in [1.165, 1.54) is 11.1 Å². The summed E-state index contributed by atoms with van der Waals surface area (Å²) in [6, 6.07) is 0. The van der Waals surface area contributed by atoms with E-state index >= 15 is 0 Å². The molecular weight excluding hydrogens is 212 g/mol. The Morgan fingerprint density at radius 2 is 2.12 bits per heavy atom. The van der Waals surface area contributed by atoms with E-state index in [9.17, 15) is 14.4 Å². The molecule has 1 fully saturated rings. The molecular formula is C9H12N4O3. The van der Waals surface area contributed by atoms with Crippen molar-refractivity contribution in [3.8, 4) is 0 Å². The number of nitrogens with zero attached hydrogens (tertiary/aromatic N) is 1. The minimum Gasteiger partial charge on any atom is -0.354 e. The van der Waals surface area contributed by atoms with Gasteiger partial charge in [-0.05, 0) is 0 Å². The molecule has 2 heterocycles. The van der Waals surface area contributed by atoms with Crippen LogP contribution in [0, 0.1) is 0 Å². The van der Waals surface area contributed by atoms with Crippen molar-refractivity contribution in [1.82, 2.24) is 20.2 Å².